The summed E-state index contributed by atoms with van der Waals surface area (Å²) in [6.45, 7) is 0. The van der Waals surface area contributed by atoms with E-state index in [1.807, 2.05) is 6.08 Å². The van der Waals surface area contributed by atoms with Crippen LogP contribution in [0.2, 0.25) is 0 Å². The Bertz CT molecular complexity index is 151. The van der Waals surface area contributed by atoms with Crippen LogP contribution in [0.3, 0.4) is 0 Å². The molecule has 3 nitrogen and oxygen atoms in total. The summed E-state index contributed by atoms with van der Waals surface area (Å²) in [4.78, 5) is 10.8. The van der Waals surface area contributed by atoms with Crippen LogP contribution in [0, 0.1) is 0 Å². The zero-order chi connectivity index (χ0) is 6.69. The van der Waals surface area contributed by atoms with E-state index in [4.69, 9.17) is 5.84 Å². The number of nitrogens with one attached hydrogen (secondary N) is 1. The van der Waals surface area contributed by atoms with Crippen LogP contribution in [0.5, 0.6) is 0 Å². The third-order valence-corrected chi connectivity index (χ3v) is 1.41. The number of nitrogens with two attached hydrogens (primary N) is 1. The van der Waals surface area contributed by atoms with E-state index in [2.05, 4.69) is 5.43 Å². The molecule has 0 saturated heterocycles. The molecule has 1 aliphatic rings. The van der Waals surface area contributed by atoms with Crippen molar-refractivity contribution in [3.63, 3.8) is 0 Å². The third-order valence-electron chi connectivity index (χ3n) is 1.41. The van der Waals surface area contributed by atoms with E-state index >= 15 is 0 Å². The molecule has 1 rings (SSSR count). The minimum absolute atomic E-state index is 0.128. The van der Waals surface area contributed by atoms with Crippen molar-refractivity contribution in [2.24, 2.45) is 5.84 Å². The van der Waals surface area contributed by atoms with Gasteiger partial charge in [-0.25, -0.2) is 0 Å². The van der Waals surface area contributed by atoms with Gasteiger partial charge in [-0.1, -0.05) is 6.08 Å². The Kier molecular flexibility index (Phi) is 1.85. The van der Waals surface area contributed by atoms with Crippen LogP contribution in [0.1, 0.15) is 19.3 Å². The van der Waals surface area contributed by atoms with Crippen molar-refractivity contribution in [1.29, 1.82) is 0 Å². The summed E-state index contributed by atoms with van der Waals surface area (Å²) in [5, 5.41) is 0. The molecule has 3 heteroatoms. The molecule has 0 aromatic heterocycles. The Labute approximate surface area is 53.9 Å². The first-order valence-electron chi connectivity index (χ1n) is 3.04. The van der Waals surface area contributed by atoms with Crippen molar-refractivity contribution in [3.05, 3.63) is 11.8 Å². The zero-order valence-corrected chi connectivity index (χ0v) is 5.18. The van der Waals surface area contributed by atoms with Gasteiger partial charge in [-0.15, -0.1) is 0 Å². The fourth-order valence-corrected chi connectivity index (χ4v) is 0.897. The second kappa shape index (κ2) is 2.64. The largest absolute Gasteiger partial charge is 0.321 e. The number of rotatable bonds is 1. The highest BCUT2D eigenvalue weighted by molar-refractivity contribution is 5.95. The molecule has 0 saturated carbocycles. The van der Waals surface area contributed by atoms with Crippen molar-refractivity contribution in [3.8, 4) is 0 Å². The van der Waals surface area contributed by atoms with Crippen molar-refractivity contribution < 1.29 is 4.79 Å². The van der Waals surface area contributed by atoms with Gasteiger partial charge in [-0.05, 0) is 12.8 Å². The molecule has 0 spiro atoms. The summed E-state index contributed by atoms with van der Waals surface area (Å²) in [5.74, 6) is 5.18. The fraction of sp³-hybridized carbons (Fsp3) is 0.500. The first-order chi connectivity index (χ1) is 4.34. The average molecular weight is 126 g/mol. The third kappa shape index (κ3) is 1.29. The topological polar surface area (TPSA) is 55.1 Å². The molecular formula is C6H10N2O. The van der Waals surface area contributed by atoms with Crippen LogP contribution in [-0.4, -0.2) is 5.78 Å². The first-order valence-corrected chi connectivity index (χ1v) is 3.04. The highest BCUT2D eigenvalue weighted by Gasteiger charge is 2.10. The molecule has 0 unspecified atom stereocenters. The molecular weight excluding hydrogens is 116 g/mol. The number of allylic oxidation sites excluding steroid dienone is 2. The van der Waals surface area contributed by atoms with Gasteiger partial charge in [0.15, 0.2) is 5.78 Å². The molecule has 0 atom stereocenters. The highest BCUT2D eigenvalue weighted by atomic mass is 16.1. The van der Waals surface area contributed by atoms with Gasteiger partial charge < -0.3 is 5.43 Å². The summed E-state index contributed by atoms with van der Waals surface area (Å²) in [6.07, 6.45) is 4.40. The van der Waals surface area contributed by atoms with Gasteiger partial charge in [0.2, 0.25) is 0 Å². The van der Waals surface area contributed by atoms with E-state index in [1.54, 1.807) is 0 Å². The molecule has 0 aromatic carbocycles. The molecule has 0 aromatic rings. The molecule has 0 amide bonds. The Hall–Kier alpha value is -0.830. The number of Topliss-reactive ketones (excluding diaryl/α,β-unsaturated/α-hetero) is 1. The first kappa shape index (κ1) is 6.29. The van der Waals surface area contributed by atoms with Crippen molar-refractivity contribution >= 4 is 5.78 Å². The molecule has 0 radical (unpaired) electrons. The number of hydrogen-bond donors (Lipinski definition) is 2. The van der Waals surface area contributed by atoms with Gasteiger partial charge in [0, 0.05) is 6.42 Å². The SMILES string of the molecule is NNC1=CCCCC1=O. The maximum atomic E-state index is 10.8. The lowest BCUT2D eigenvalue weighted by molar-refractivity contribution is -0.116. The number of ketones is 1. The van der Waals surface area contributed by atoms with E-state index in [9.17, 15) is 4.79 Å². The quantitative estimate of drug-likeness (QED) is 0.386. The smallest absolute Gasteiger partial charge is 0.179 e. The van der Waals surface area contributed by atoms with E-state index in [-0.39, 0.29) is 5.78 Å². The molecule has 3 N–H and O–H groups in total. The standard InChI is InChI=1S/C6H10N2O/c7-8-5-3-1-2-4-6(5)9/h3,8H,1-2,4,7H2. The molecule has 1 aliphatic carbocycles. The predicted octanol–water partition coefficient (Wildman–Crippen LogP) is 0.0866. The normalized spacial score (nSPS) is 19.2. The molecule has 0 heterocycles. The van der Waals surface area contributed by atoms with Crippen LogP contribution < -0.4 is 11.3 Å². The van der Waals surface area contributed by atoms with E-state index in [0.29, 0.717) is 12.1 Å². The minimum atomic E-state index is 0.128. The summed E-state index contributed by atoms with van der Waals surface area (Å²) in [6, 6.07) is 0. The monoisotopic (exact) mass is 126 g/mol. The van der Waals surface area contributed by atoms with Crippen LogP contribution in [-0.2, 0) is 4.79 Å². The highest BCUT2D eigenvalue weighted by Crippen LogP contribution is 2.10. The fourth-order valence-electron chi connectivity index (χ4n) is 0.897. The Balaban J connectivity index is 2.64. The number of hydrogen-bond acceptors (Lipinski definition) is 3. The van der Waals surface area contributed by atoms with E-state index in [0.717, 1.165) is 12.8 Å². The zero-order valence-electron chi connectivity index (χ0n) is 5.18. The lowest BCUT2D eigenvalue weighted by Crippen LogP contribution is -2.28. The minimum Gasteiger partial charge on any atom is -0.321 e. The van der Waals surface area contributed by atoms with Crippen molar-refractivity contribution in [2.45, 2.75) is 19.3 Å². The molecule has 0 aliphatic heterocycles. The van der Waals surface area contributed by atoms with Crippen LogP contribution in [0.15, 0.2) is 11.8 Å². The van der Waals surface area contributed by atoms with Gasteiger partial charge in [0.1, 0.15) is 0 Å². The molecule has 9 heavy (non-hydrogen) atoms. The average Bonchev–Trinajstić information content (AvgIpc) is 1.89. The second-order valence-corrected chi connectivity index (χ2v) is 2.08. The molecule has 50 valence electrons. The summed E-state index contributed by atoms with van der Waals surface area (Å²) < 4.78 is 0. The maximum Gasteiger partial charge on any atom is 0.179 e. The number of carbonyl (C=O) groups excluding carboxylic acids is 1. The Morgan fingerprint density at radius 3 is 2.89 bits per heavy atom. The van der Waals surface area contributed by atoms with Gasteiger partial charge in [-0.2, -0.15) is 0 Å². The number of hydrazine groups is 1. The molecule has 0 bridgehead atoms. The van der Waals surface area contributed by atoms with Crippen LogP contribution in [0.25, 0.3) is 0 Å². The molecule has 0 fully saturated rings. The number of carbonyl (C=O) groups is 1. The summed E-state index contributed by atoms with van der Waals surface area (Å²) >= 11 is 0. The lowest BCUT2D eigenvalue weighted by Gasteiger charge is -2.09. The van der Waals surface area contributed by atoms with E-state index in [1.165, 1.54) is 0 Å². The van der Waals surface area contributed by atoms with Crippen LogP contribution in [0.4, 0.5) is 0 Å². The van der Waals surface area contributed by atoms with Crippen molar-refractivity contribution in [1.82, 2.24) is 5.43 Å². The maximum absolute atomic E-state index is 10.8. The second-order valence-electron chi connectivity index (χ2n) is 2.08. The van der Waals surface area contributed by atoms with Gasteiger partial charge >= 0.3 is 0 Å². The lowest BCUT2D eigenvalue weighted by atomic mass is 10.0. The van der Waals surface area contributed by atoms with Gasteiger partial charge in [0.25, 0.3) is 0 Å². The van der Waals surface area contributed by atoms with Crippen molar-refractivity contribution in [2.75, 3.05) is 0 Å². The van der Waals surface area contributed by atoms with Gasteiger partial charge in [-0.3, -0.25) is 10.6 Å². The summed E-state index contributed by atoms with van der Waals surface area (Å²) in [7, 11) is 0. The van der Waals surface area contributed by atoms with E-state index < -0.39 is 0 Å². The summed E-state index contributed by atoms with van der Waals surface area (Å²) in [5.41, 5.74) is 2.94. The van der Waals surface area contributed by atoms with Gasteiger partial charge in [0.05, 0.1) is 5.70 Å². The predicted molar refractivity (Wildman–Crippen MR) is 34.3 cm³/mol. The Morgan fingerprint density at radius 2 is 2.44 bits per heavy atom. The Morgan fingerprint density at radius 1 is 1.67 bits per heavy atom. The van der Waals surface area contributed by atoms with Crippen LogP contribution >= 0.6 is 0 Å².